The zero-order valence-corrected chi connectivity index (χ0v) is 15.1. The molecule has 1 unspecified atom stereocenters. The molecule has 0 aliphatic carbocycles. The van der Waals surface area contributed by atoms with Gasteiger partial charge in [0.15, 0.2) is 0 Å². The van der Waals surface area contributed by atoms with Crippen molar-refractivity contribution in [1.29, 1.82) is 0 Å². The van der Waals surface area contributed by atoms with Gasteiger partial charge in [0.25, 0.3) is 0 Å². The molecule has 1 aliphatic rings. The van der Waals surface area contributed by atoms with E-state index in [-0.39, 0.29) is 6.09 Å². The number of carbonyl (C=O) groups excluding carboxylic acids is 1. The van der Waals surface area contributed by atoms with E-state index < -0.39 is 5.60 Å². The van der Waals surface area contributed by atoms with Crippen molar-refractivity contribution < 1.29 is 9.53 Å². The molecule has 0 bridgehead atoms. The summed E-state index contributed by atoms with van der Waals surface area (Å²) in [6.45, 7) is 8.14. The highest BCUT2D eigenvalue weighted by atomic mass is 79.9. The molecule has 1 heterocycles. The summed E-state index contributed by atoms with van der Waals surface area (Å²) in [5.41, 5.74) is 0.669. The first-order valence-electron chi connectivity index (χ1n) is 7.81. The number of benzene rings is 1. The van der Waals surface area contributed by atoms with Gasteiger partial charge in [-0.05, 0) is 57.7 Å². The monoisotopic (exact) mass is 368 g/mol. The number of likely N-dealkylation sites (tertiary alicyclic amines) is 1. The van der Waals surface area contributed by atoms with Crippen molar-refractivity contribution in [2.75, 3.05) is 25.0 Å². The summed E-state index contributed by atoms with van der Waals surface area (Å²) in [6.07, 6.45) is 1.98. The van der Waals surface area contributed by atoms with Gasteiger partial charge in [-0.25, -0.2) is 4.79 Å². The quantitative estimate of drug-likeness (QED) is 0.853. The van der Waals surface area contributed by atoms with E-state index in [0.717, 1.165) is 42.6 Å². The zero-order valence-electron chi connectivity index (χ0n) is 13.6. The van der Waals surface area contributed by atoms with Crippen LogP contribution in [0.2, 0.25) is 0 Å². The minimum absolute atomic E-state index is 0.195. The molecule has 1 saturated heterocycles. The predicted octanol–water partition coefficient (Wildman–Crippen LogP) is 4.51. The van der Waals surface area contributed by atoms with E-state index in [9.17, 15) is 4.79 Å². The summed E-state index contributed by atoms with van der Waals surface area (Å²) in [4.78, 5) is 14.0. The molecule has 1 aromatic carbocycles. The number of hydrogen-bond donors (Lipinski definition) is 1. The molecule has 5 heteroatoms. The zero-order chi connectivity index (χ0) is 16.2. The van der Waals surface area contributed by atoms with E-state index in [1.807, 2.05) is 37.8 Å². The van der Waals surface area contributed by atoms with Gasteiger partial charge in [-0.2, -0.15) is 0 Å². The number of amides is 1. The van der Waals surface area contributed by atoms with Crippen LogP contribution in [0.5, 0.6) is 0 Å². The molecule has 1 aromatic rings. The van der Waals surface area contributed by atoms with Gasteiger partial charge in [-0.1, -0.05) is 22.0 Å². The number of nitrogens with zero attached hydrogens (tertiary/aromatic N) is 1. The third-order valence-electron chi connectivity index (χ3n) is 3.59. The highest BCUT2D eigenvalue weighted by molar-refractivity contribution is 9.10. The Morgan fingerprint density at radius 2 is 2.23 bits per heavy atom. The normalized spacial score (nSPS) is 18.9. The van der Waals surface area contributed by atoms with Crippen LogP contribution in [0.1, 0.15) is 33.6 Å². The summed E-state index contributed by atoms with van der Waals surface area (Å²) in [7, 11) is 0. The van der Waals surface area contributed by atoms with Crippen LogP contribution in [0.3, 0.4) is 0 Å². The van der Waals surface area contributed by atoms with Gasteiger partial charge in [-0.15, -0.1) is 0 Å². The molecular weight excluding hydrogens is 344 g/mol. The van der Waals surface area contributed by atoms with Gasteiger partial charge in [-0.3, -0.25) is 0 Å². The number of hydrogen-bond acceptors (Lipinski definition) is 3. The van der Waals surface area contributed by atoms with Crippen molar-refractivity contribution in [2.45, 2.75) is 39.2 Å². The van der Waals surface area contributed by atoms with E-state index in [1.54, 1.807) is 0 Å². The van der Waals surface area contributed by atoms with Gasteiger partial charge in [0.2, 0.25) is 0 Å². The largest absolute Gasteiger partial charge is 0.444 e. The molecule has 0 aromatic heterocycles. The highest BCUT2D eigenvalue weighted by Crippen LogP contribution is 2.21. The molecule has 0 radical (unpaired) electrons. The highest BCUT2D eigenvalue weighted by Gasteiger charge is 2.27. The van der Waals surface area contributed by atoms with Crippen LogP contribution in [-0.4, -0.2) is 36.2 Å². The Kier molecular flexibility index (Phi) is 5.73. The predicted molar refractivity (Wildman–Crippen MR) is 93.2 cm³/mol. The van der Waals surface area contributed by atoms with Crippen LogP contribution in [0.15, 0.2) is 28.7 Å². The van der Waals surface area contributed by atoms with Gasteiger partial charge in [0.1, 0.15) is 5.60 Å². The summed E-state index contributed by atoms with van der Waals surface area (Å²) in [5.74, 6) is 0.459. The van der Waals surface area contributed by atoms with Crippen LogP contribution in [0.25, 0.3) is 0 Å². The topological polar surface area (TPSA) is 41.6 Å². The van der Waals surface area contributed by atoms with Crippen LogP contribution < -0.4 is 5.32 Å². The first-order chi connectivity index (χ1) is 10.3. The Bertz CT molecular complexity index is 514. The van der Waals surface area contributed by atoms with Gasteiger partial charge in [0, 0.05) is 29.8 Å². The number of halogens is 1. The molecule has 1 fully saturated rings. The lowest BCUT2D eigenvalue weighted by atomic mass is 9.98. The fourth-order valence-corrected chi connectivity index (χ4v) is 2.98. The SMILES string of the molecule is CC(C)(C)OC(=O)N1CCCC(CNc2cccc(Br)c2)C1. The smallest absolute Gasteiger partial charge is 0.410 e. The van der Waals surface area contributed by atoms with Crippen LogP contribution in [0.4, 0.5) is 10.5 Å². The molecule has 0 spiro atoms. The number of ether oxygens (including phenoxy) is 1. The Morgan fingerprint density at radius 1 is 1.45 bits per heavy atom. The fraction of sp³-hybridized carbons (Fsp3) is 0.588. The van der Waals surface area contributed by atoms with E-state index in [1.165, 1.54) is 0 Å². The van der Waals surface area contributed by atoms with Crippen molar-refractivity contribution >= 4 is 27.7 Å². The maximum Gasteiger partial charge on any atom is 0.410 e. The number of rotatable bonds is 3. The van der Waals surface area contributed by atoms with Crippen LogP contribution in [-0.2, 0) is 4.74 Å². The number of nitrogens with one attached hydrogen (secondary N) is 1. The average molecular weight is 369 g/mol. The van der Waals surface area contributed by atoms with Gasteiger partial charge < -0.3 is 15.0 Å². The van der Waals surface area contributed by atoms with Gasteiger partial charge in [0.05, 0.1) is 0 Å². The van der Waals surface area contributed by atoms with Crippen molar-refractivity contribution in [2.24, 2.45) is 5.92 Å². The summed E-state index contributed by atoms with van der Waals surface area (Å²) >= 11 is 3.48. The van der Waals surface area contributed by atoms with Crippen molar-refractivity contribution in [3.8, 4) is 0 Å². The molecule has 1 amide bonds. The molecule has 0 saturated carbocycles. The second kappa shape index (κ2) is 7.36. The second-order valence-electron chi connectivity index (χ2n) is 6.83. The third-order valence-corrected chi connectivity index (χ3v) is 4.08. The van der Waals surface area contributed by atoms with Crippen molar-refractivity contribution in [3.63, 3.8) is 0 Å². The molecule has 122 valence electrons. The Balaban J connectivity index is 1.84. The fourth-order valence-electron chi connectivity index (χ4n) is 2.58. The molecular formula is C17H25BrN2O2. The van der Waals surface area contributed by atoms with Crippen LogP contribution in [0, 0.1) is 5.92 Å². The third kappa shape index (κ3) is 5.52. The second-order valence-corrected chi connectivity index (χ2v) is 7.74. The first-order valence-corrected chi connectivity index (χ1v) is 8.60. The lowest BCUT2D eigenvalue weighted by Gasteiger charge is -2.34. The molecule has 1 atom stereocenters. The standard InChI is InChI=1S/C17H25BrN2O2/c1-17(2,3)22-16(21)20-9-5-6-13(12-20)11-19-15-8-4-7-14(18)10-15/h4,7-8,10,13,19H,5-6,9,11-12H2,1-3H3. The summed E-state index contributed by atoms with van der Waals surface area (Å²) < 4.78 is 6.53. The number of piperidine rings is 1. The Hall–Kier alpha value is -1.23. The molecule has 4 nitrogen and oxygen atoms in total. The number of anilines is 1. The van der Waals surface area contributed by atoms with Crippen molar-refractivity contribution in [3.05, 3.63) is 28.7 Å². The summed E-state index contributed by atoms with van der Waals surface area (Å²) in [5, 5.41) is 3.45. The Morgan fingerprint density at radius 3 is 2.91 bits per heavy atom. The maximum atomic E-state index is 12.2. The minimum atomic E-state index is -0.432. The Labute approximate surface area is 141 Å². The van der Waals surface area contributed by atoms with Crippen molar-refractivity contribution in [1.82, 2.24) is 4.90 Å². The van der Waals surface area contributed by atoms with E-state index in [0.29, 0.717) is 5.92 Å². The summed E-state index contributed by atoms with van der Waals surface area (Å²) in [6, 6.07) is 8.14. The van der Waals surface area contributed by atoms with Gasteiger partial charge >= 0.3 is 6.09 Å². The first kappa shape index (κ1) is 17.1. The number of carbonyl (C=O) groups is 1. The molecule has 1 aliphatic heterocycles. The molecule has 22 heavy (non-hydrogen) atoms. The average Bonchev–Trinajstić information content (AvgIpc) is 2.44. The lowest BCUT2D eigenvalue weighted by molar-refractivity contribution is 0.0172. The van der Waals surface area contributed by atoms with E-state index >= 15 is 0 Å². The maximum absolute atomic E-state index is 12.2. The molecule has 2 rings (SSSR count). The van der Waals surface area contributed by atoms with Crippen LogP contribution >= 0.6 is 15.9 Å². The lowest BCUT2D eigenvalue weighted by Crippen LogP contribution is -2.44. The van der Waals surface area contributed by atoms with E-state index in [4.69, 9.17) is 4.74 Å². The molecule has 1 N–H and O–H groups in total. The van der Waals surface area contributed by atoms with E-state index in [2.05, 4.69) is 33.4 Å². The minimum Gasteiger partial charge on any atom is -0.444 e.